The third-order valence-corrected chi connectivity index (χ3v) is 14.5. The lowest BCUT2D eigenvalue weighted by atomic mass is 9.81. The van der Waals surface area contributed by atoms with Crippen molar-refractivity contribution in [1.82, 2.24) is 9.13 Å². The van der Waals surface area contributed by atoms with Crippen LogP contribution in [0, 0.1) is 0 Å². The third-order valence-electron chi connectivity index (χ3n) is 14.5. The van der Waals surface area contributed by atoms with Crippen LogP contribution in [0.3, 0.4) is 0 Å². The van der Waals surface area contributed by atoms with Crippen LogP contribution >= 0.6 is 0 Å². The molecule has 0 atom stereocenters. The molecule has 0 unspecified atom stereocenters. The number of fused-ring (bicyclic) bond motifs is 9. The number of rotatable bonds is 8. The van der Waals surface area contributed by atoms with E-state index >= 15 is 0 Å². The van der Waals surface area contributed by atoms with E-state index in [1.807, 2.05) is 0 Å². The molecule has 0 aliphatic heterocycles. The van der Waals surface area contributed by atoms with Crippen LogP contribution in [0.2, 0.25) is 0 Å². The van der Waals surface area contributed by atoms with Gasteiger partial charge in [-0.05, 0) is 127 Å². The van der Waals surface area contributed by atoms with Crippen LogP contribution in [-0.4, -0.2) is 9.13 Å². The molecule has 2 heteroatoms. The maximum atomic E-state index is 2.39. The molecule has 2 aromatic heterocycles. The molecule has 69 heavy (non-hydrogen) atoms. The van der Waals surface area contributed by atoms with E-state index in [4.69, 9.17) is 0 Å². The minimum atomic E-state index is -0.120. The van der Waals surface area contributed by atoms with Crippen molar-refractivity contribution in [2.75, 3.05) is 0 Å². The number of hydrogen-bond donors (Lipinski definition) is 0. The molecule has 10 aromatic carbocycles. The second kappa shape index (κ2) is 16.3. The number of aromatic nitrogens is 2. The third kappa shape index (κ3) is 6.95. The first-order valence-corrected chi connectivity index (χ1v) is 24.0. The first-order valence-electron chi connectivity index (χ1n) is 24.0. The van der Waals surface area contributed by atoms with E-state index in [0.29, 0.717) is 0 Å². The zero-order valence-corrected chi connectivity index (χ0v) is 38.6. The Labute approximate surface area is 403 Å². The second-order valence-electron chi connectivity index (χ2n) is 19.0. The van der Waals surface area contributed by atoms with Crippen LogP contribution < -0.4 is 0 Å². The fraction of sp³-hybridized carbons (Fsp3) is 0.0448. The SMILES string of the molecule is CC1(C)c2cc(/C=C/c3ccc(-c4ccc5c(c4)c4ccccc4n5-c4ccccc4)cc3)ccc2-c2ccc(/C=C/c3ccc(-c4ccc5c(c4)c4ccccc4n5-c4ccccc4)cc3)cc21. The van der Waals surface area contributed by atoms with E-state index in [-0.39, 0.29) is 5.41 Å². The molecule has 0 amide bonds. The lowest BCUT2D eigenvalue weighted by Crippen LogP contribution is -2.15. The number of nitrogens with zero attached hydrogens (tertiary/aromatic N) is 2. The summed E-state index contributed by atoms with van der Waals surface area (Å²) >= 11 is 0. The lowest BCUT2D eigenvalue weighted by Gasteiger charge is -2.22. The first-order chi connectivity index (χ1) is 33.9. The highest BCUT2D eigenvalue weighted by Crippen LogP contribution is 2.49. The van der Waals surface area contributed by atoms with Crippen molar-refractivity contribution in [3.63, 3.8) is 0 Å². The molecule has 0 N–H and O–H groups in total. The summed E-state index contributed by atoms with van der Waals surface area (Å²) in [5.74, 6) is 0. The molecular weight excluding hydrogens is 833 g/mol. The summed E-state index contributed by atoms with van der Waals surface area (Å²) in [5.41, 5.74) is 22.2. The molecule has 2 nitrogen and oxygen atoms in total. The van der Waals surface area contributed by atoms with E-state index in [1.165, 1.54) is 122 Å². The normalized spacial score (nSPS) is 13.1. The number of benzene rings is 10. The summed E-state index contributed by atoms with van der Waals surface area (Å²) in [7, 11) is 0. The summed E-state index contributed by atoms with van der Waals surface area (Å²) < 4.78 is 4.73. The molecule has 0 bridgehead atoms. The minimum absolute atomic E-state index is 0.120. The molecular formula is C67H48N2. The highest BCUT2D eigenvalue weighted by atomic mass is 15.0. The van der Waals surface area contributed by atoms with E-state index < -0.39 is 0 Å². The fourth-order valence-corrected chi connectivity index (χ4v) is 11.0. The maximum Gasteiger partial charge on any atom is 0.0541 e. The van der Waals surface area contributed by atoms with Gasteiger partial charge in [-0.2, -0.15) is 0 Å². The van der Waals surface area contributed by atoms with Gasteiger partial charge in [0, 0.05) is 38.3 Å². The highest BCUT2D eigenvalue weighted by Gasteiger charge is 2.35. The van der Waals surface area contributed by atoms with E-state index in [0.717, 1.165) is 0 Å². The van der Waals surface area contributed by atoms with Gasteiger partial charge in [0.05, 0.1) is 22.1 Å². The molecule has 1 aliphatic carbocycles. The van der Waals surface area contributed by atoms with Crippen molar-refractivity contribution in [3.05, 3.63) is 264 Å². The average molecular weight is 881 g/mol. The summed E-state index contributed by atoms with van der Waals surface area (Å²) in [6.07, 6.45) is 8.97. The van der Waals surface area contributed by atoms with E-state index in [2.05, 4.69) is 278 Å². The quantitative estimate of drug-likeness (QED) is 0.135. The Morgan fingerprint density at radius 2 is 0.638 bits per heavy atom. The second-order valence-corrected chi connectivity index (χ2v) is 19.0. The standard InChI is InChI=1S/C67H48N2/c1-67(2)61-41-47(23-21-45-25-31-49(32-26-45)51-35-39-65-59(43-51)57-17-9-11-19-63(57)68(65)53-13-5-3-6-14-53)29-37-55(61)56-38-30-48(42-62(56)67)24-22-46-27-33-50(34-28-46)52-36-40-66-60(44-52)58-18-10-12-20-64(58)69(66)54-15-7-4-8-16-54/h3-44H,1-2H3/b23-21+,24-22+. The molecule has 0 spiro atoms. The Morgan fingerprint density at radius 1 is 0.290 bits per heavy atom. The van der Waals surface area contributed by atoms with Gasteiger partial charge in [0.15, 0.2) is 0 Å². The van der Waals surface area contributed by atoms with Crippen molar-refractivity contribution in [1.29, 1.82) is 0 Å². The van der Waals surface area contributed by atoms with Crippen LogP contribution in [0.1, 0.15) is 47.2 Å². The molecule has 1 aliphatic rings. The van der Waals surface area contributed by atoms with Crippen molar-refractivity contribution in [2.45, 2.75) is 19.3 Å². The van der Waals surface area contributed by atoms with Crippen LogP contribution in [0.15, 0.2) is 231 Å². The first kappa shape index (κ1) is 40.5. The van der Waals surface area contributed by atoms with Gasteiger partial charge in [-0.1, -0.05) is 208 Å². The summed E-state index contributed by atoms with van der Waals surface area (Å²) in [5, 5.41) is 5.07. The lowest BCUT2D eigenvalue weighted by molar-refractivity contribution is 0.660. The van der Waals surface area contributed by atoms with Gasteiger partial charge in [-0.15, -0.1) is 0 Å². The van der Waals surface area contributed by atoms with Gasteiger partial charge < -0.3 is 9.13 Å². The van der Waals surface area contributed by atoms with Gasteiger partial charge in [-0.3, -0.25) is 0 Å². The summed E-state index contributed by atoms with van der Waals surface area (Å²) in [6, 6.07) is 84.3. The fourth-order valence-electron chi connectivity index (χ4n) is 11.0. The summed E-state index contributed by atoms with van der Waals surface area (Å²) in [4.78, 5) is 0. The zero-order valence-electron chi connectivity index (χ0n) is 38.6. The average Bonchev–Trinajstić information content (AvgIpc) is 4.00. The van der Waals surface area contributed by atoms with Gasteiger partial charge >= 0.3 is 0 Å². The van der Waals surface area contributed by atoms with Crippen LogP contribution in [0.5, 0.6) is 0 Å². The molecule has 13 rings (SSSR count). The van der Waals surface area contributed by atoms with Gasteiger partial charge in [-0.25, -0.2) is 0 Å². The molecule has 0 saturated carbocycles. The summed E-state index contributed by atoms with van der Waals surface area (Å²) in [6.45, 7) is 4.73. The largest absolute Gasteiger partial charge is 0.309 e. The Balaban J connectivity index is 0.712. The Bertz CT molecular complexity index is 3730. The predicted octanol–water partition coefficient (Wildman–Crippen LogP) is 17.9. The topological polar surface area (TPSA) is 9.86 Å². The van der Waals surface area contributed by atoms with Crippen molar-refractivity contribution in [2.24, 2.45) is 0 Å². The zero-order chi connectivity index (χ0) is 46.1. The van der Waals surface area contributed by atoms with Crippen molar-refractivity contribution >= 4 is 67.9 Å². The van der Waals surface area contributed by atoms with Gasteiger partial charge in [0.2, 0.25) is 0 Å². The minimum Gasteiger partial charge on any atom is -0.309 e. The molecule has 326 valence electrons. The molecule has 0 radical (unpaired) electrons. The molecule has 12 aromatic rings. The van der Waals surface area contributed by atoms with Crippen LogP contribution in [0.4, 0.5) is 0 Å². The smallest absolute Gasteiger partial charge is 0.0541 e. The van der Waals surface area contributed by atoms with E-state index in [1.54, 1.807) is 0 Å². The van der Waals surface area contributed by atoms with Crippen molar-refractivity contribution < 1.29 is 0 Å². The van der Waals surface area contributed by atoms with Gasteiger partial charge in [0.1, 0.15) is 0 Å². The molecule has 0 fully saturated rings. The molecule has 0 saturated heterocycles. The van der Waals surface area contributed by atoms with Gasteiger partial charge in [0.25, 0.3) is 0 Å². The predicted molar refractivity (Wildman–Crippen MR) is 294 cm³/mol. The Kier molecular flexibility index (Phi) is 9.55. The van der Waals surface area contributed by atoms with Crippen LogP contribution in [0.25, 0.3) is 113 Å². The van der Waals surface area contributed by atoms with Crippen LogP contribution in [-0.2, 0) is 5.41 Å². The highest BCUT2D eigenvalue weighted by molar-refractivity contribution is 6.11. The maximum absolute atomic E-state index is 2.39. The van der Waals surface area contributed by atoms with Crippen molar-refractivity contribution in [3.8, 4) is 44.8 Å². The Hall–Kier alpha value is -8.72. The monoisotopic (exact) mass is 880 g/mol. The Morgan fingerprint density at radius 3 is 1.07 bits per heavy atom. The number of hydrogen-bond acceptors (Lipinski definition) is 0. The molecule has 2 heterocycles. The van der Waals surface area contributed by atoms with E-state index in [9.17, 15) is 0 Å². The number of para-hydroxylation sites is 4.